The number of terminal acetylenes is 1. The van der Waals surface area contributed by atoms with Crippen LogP contribution in [-0.4, -0.2) is 20.8 Å². The van der Waals surface area contributed by atoms with Gasteiger partial charge in [-0.1, -0.05) is 31.5 Å². The largest absolute Gasteiger partial charge is 0.271 e. The Morgan fingerprint density at radius 2 is 2.09 bits per heavy atom. The van der Waals surface area contributed by atoms with E-state index in [2.05, 4.69) is 42.0 Å². The van der Waals surface area contributed by atoms with Crippen LogP contribution in [0.25, 0.3) is 0 Å². The van der Waals surface area contributed by atoms with Crippen LogP contribution in [0.4, 0.5) is 0 Å². The molecule has 0 aliphatic heterocycles. The lowest BCUT2D eigenvalue weighted by molar-refractivity contribution is 1.31. The van der Waals surface area contributed by atoms with E-state index in [-0.39, 0.29) is 0 Å². The number of hydrogen-bond acceptors (Lipinski definition) is 1. The Morgan fingerprint density at radius 3 is 2.55 bits per heavy atom. The predicted molar refractivity (Wildman–Crippen MR) is 53.3 cm³/mol. The standard InChI is InChI=1S/C9H13NSi/c1-5-7-10-8-6-9-11(2,3)4/h1,8H,7H2,2-4H3. The van der Waals surface area contributed by atoms with Gasteiger partial charge in [0, 0.05) is 0 Å². The van der Waals surface area contributed by atoms with Crippen LogP contribution in [0.2, 0.25) is 19.6 Å². The normalized spacial score (nSPS) is 10.4. The van der Waals surface area contributed by atoms with E-state index < -0.39 is 8.07 Å². The van der Waals surface area contributed by atoms with Crippen molar-refractivity contribution in [2.24, 2.45) is 4.99 Å². The minimum atomic E-state index is -1.22. The third-order valence-corrected chi connectivity index (χ3v) is 1.68. The van der Waals surface area contributed by atoms with Crippen molar-refractivity contribution in [1.29, 1.82) is 0 Å². The van der Waals surface area contributed by atoms with Crippen molar-refractivity contribution in [3.05, 3.63) is 0 Å². The van der Waals surface area contributed by atoms with E-state index in [1.807, 2.05) is 0 Å². The van der Waals surface area contributed by atoms with Crippen LogP contribution in [0.3, 0.4) is 0 Å². The van der Waals surface area contributed by atoms with Crippen molar-refractivity contribution < 1.29 is 0 Å². The molecule has 0 rings (SSSR count). The van der Waals surface area contributed by atoms with Crippen molar-refractivity contribution >= 4 is 14.3 Å². The van der Waals surface area contributed by atoms with Crippen molar-refractivity contribution in [1.82, 2.24) is 0 Å². The molecule has 0 fully saturated rings. The van der Waals surface area contributed by atoms with Gasteiger partial charge in [-0.3, -0.25) is 4.99 Å². The van der Waals surface area contributed by atoms with Gasteiger partial charge in [-0.25, -0.2) is 0 Å². The Labute approximate surface area is 69.9 Å². The highest BCUT2D eigenvalue weighted by molar-refractivity contribution is 6.84. The third-order valence-electron chi connectivity index (χ3n) is 0.786. The first-order valence-corrected chi connectivity index (χ1v) is 7.01. The highest BCUT2D eigenvalue weighted by Gasteiger charge is 2.06. The third kappa shape index (κ3) is 9.01. The number of aliphatic imine (C=N–C) groups is 1. The molecule has 0 aromatic rings. The predicted octanol–water partition coefficient (Wildman–Crippen LogP) is 1.57. The van der Waals surface area contributed by atoms with Crippen LogP contribution in [0.15, 0.2) is 4.99 Å². The maximum Gasteiger partial charge on any atom is 0.129 e. The molecule has 0 aromatic carbocycles. The number of nitrogens with zero attached hydrogens (tertiary/aromatic N) is 1. The summed E-state index contributed by atoms with van der Waals surface area (Å²) >= 11 is 0. The second-order valence-corrected chi connectivity index (χ2v) is 7.94. The monoisotopic (exact) mass is 163 g/mol. The lowest BCUT2D eigenvalue weighted by Crippen LogP contribution is -2.16. The average Bonchev–Trinajstić information content (AvgIpc) is 1.85. The fraction of sp³-hybridized carbons (Fsp3) is 0.444. The molecule has 0 saturated carbocycles. The van der Waals surface area contributed by atoms with Gasteiger partial charge in [-0.05, 0) is 0 Å². The quantitative estimate of drug-likeness (QED) is 0.316. The SMILES string of the molecule is C#CCN=CC#C[Si](C)(C)C. The Morgan fingerprint density at radius 1 is 1.45 bits per heavy atom. The summed E-state index contributed by atoms with van der Waals surface area (Å²) in [5, 5.41) is 0. The molecule has 0 aliphatic rings. The van der Waals surface area contributed by atoms with Crippen LogP contribution < -0.4 is 0 Å². The Kier molecular flexibility index (Phi) is 4.34. The highest BCUT2D eigenvalue weighted by atomic mass is 28.3. The molecule has 0 radical (unpaired) electrons. The van der Waals surface area contributed by atoms with Crippen LogP contribution in [0.5, 0.6) is 0 Å². The molecule has 0 spiro atoms. The van der Waals surface area contributed by atoms with Gasteiger partial charge < -0.3 is 0 Å². The molecule has 0 unspecified atom stereocenters. The van der Waals surface area contributed by atoms with Crippen molar-refractivity contribution in [2.75, 3.05) is 6.54 Å². The lowest BCUT2D eigenvalue weighted by Gasteiger charge is -2.01. The summed E-state index contributed by atoms with van der Waals surface area (Å²) in [5.41, 5.74) is 3.15. The van der Waals surface area contributed by atoms with E-state index in [0.29, 0.717) is 6.54 Å². The van der Waals surface area contributed by atoms with Gasteiger partial charge in [0.05, 0.1) is 6.21 Å². The summed E-state index contributed by atoms with van der Waals surface area (Å²) in [7, 11) is -1.22. The van der Waals surface area contributed by atoms with E-state index in [1.165, 1.54) is 0 Å². The van der Waals surface area contributed by atoms with Gasteiger partial charge in [0.1, 0.15) is 14.6 Å². The van der Waals surface area contributed by atoms with Gasteiger partial charge in [-0.2, -0.15) is 0 Å². The molecular formula is C9H13NSi. The topological polar surface area (TPSA) is 12.4 Å². The first-order valence-electron chi connectivity index (χ1n) is 3.51. The van der Waals surface area contributed by atoms with Gasteiger partial charge in [0.25, 0.3) is 0 Å². The summed E-state index contributed by atoms with van der Waals surface area (Å²) in [5.74, 6) is 5.30. The zero-order valence-corrected chi connectivity index (χ0v) is 8.31. The molecule has 1 nitrogen and oxygen atoms in total. The molecule has 0 aliphatic carbocycles. The van der Waals surface area contributed by atoms with Crippen LogP contribution in [0.1, 0.15) is 0 Å². The van der Waals surface area contributed by atoms with E-state index in [1.54, 1.807) is 6.21 Å². The minimum Gasteiger partial charge on any atom is -0.271 e. The minimum absolute atomic E-state index is 0.431. The molecule has 0 heterocycles. The van der Waals surface area contributed by atoms with Crippen LogP contribution >= 0.6 is 0 Å². The zero-order valence-electron chi connectivity index (χ0n) is 7.31. The summed E-state index contributed by atoms with van der Waals surface area (Å²) in [4.78, 5) is 3.88. The number of hydrogen-bond donors (Lipinski definition) is 0. The zero-order chi connectivity index (χ0) is 8.74. The highest BCUT2D eigenvalue weighted by Crippen LogP contribution is 1.95. The smallest absolute Gasteiger partial charge is 0.129 e. The summed E-state index contributed by atoms with van der Waals surface area (Å²) in [6, 6.07) is 0. The molecule has 0 amide bonds. The molecule has 0 atom stereocenters. The first-order chi connectivity index (χ1) is 5.06. The van der Waals surface area contributed by atoms with Crippen molar-refractivity contribution in [3.63, 3.8) is 0 Å². The second kappa shape index (κ2) is 4.77. The van der Waals surface area contributed by atoms with Crippen molar-refractivity contribution in [2.45, 2.75) is 19.6 Å². The fourth-order valence-electron chi connectivity index (χ4n) is 0.393. The van der Waals surface area contributed by atoms with Gasteiger partial charge in [0.15, 0.2) is 0 Å². The number of rotatable bonds is 1. The van der Waals surface area contributed by atoms with Gasteiger partial charge in [0.2, 0.25) is 0 Å². The van der Waals surface area contributed by atoms with E-state index in [9.17, 15) is 0 Å². The maximum atomic E-state index is 4.99. The molecule has 0 aromatic heterocycles. The van der Waals surface area contributed by atoms with Crippen LogP contribution in [-0.2, 0) is 0 Å². The van der Waals surface area contributed by atoms with E-state index in [4.69, 9.17) is 6.42 Å². The molecule has 0 bridgehead atoms. The van der Waals surface area contributed by atoms with Gasteiger partial charge in [-0.15, -0.1) is 12.0 Å². The summed E-state index contributed by atoms with van der Waals surface area (Å²) < 4.78 is 0. The van der Waals surface area contributed by atoms with E-state index in [0.717, 1.165) is 0 Å². The lowest BCUT2D eigenvalue weighted by atomic mass is 10.7. The van der Waals surface area contributed by atoms with Crippen LogP contribution in [0, 0.1) is 23.8 Å². The fourth-order valence-corrected chi connectivity index (χ4v) is 0.890. The molecule has 58 valence electrons. The van der Waals surface area contributed by atoms with Crippen molar-refractivity contribution in [3.8, 4) is 23.8 Å². The molecule has 11 heavy (non-hydrogen) atoms. The average molecular weight is 163 g/mol. The molecule has 0 saturated heterocycles. The summed E-state index contributed by atoms with van der Waals surface area (Å²) in [6.45, 7) is 7.00. The first kappa shape index (κ1) is 10.0. The summed E-state index contributed by atoms with van der Waals surface area (Å²) in [6.07, 6.45) is 6.59. The molecule has 2 heteroatoms. The second-order valence-electron chi connectivity index (χ2n) is 3.19. The molecular weight excluding hydrogens is 150 g/mol. The Hall–Kier alpha value is -0.993. The van der Waals surface area contributed by atoms with Gasteiger partial charge >= 0.3 is 0 Å². The molecule has 0 N–H and O–H groups in total. The Bertz CT molecular complexity index is 229. The Balaban J connectivity index is 3.84. The van der Waals surface area contributed by atoms with E-state index >= 15 is 0 Å². The maximum absolute atomic E-state index is 4.99.